The third-order valence-corrected chi connectivity index (χ3v) is 5.89. The summed E-state index contributed by atoms with van der Waals surface area (Å²) < 4.78 is 10.5. The van der Waals surface area contributed by atoms with Crippen LogP contribution in [0.15, 0.2) is 48.5 Å². The number of hydrogen-bond acceptors (Lipinski definition) is 5. The Bertz CT molecular complexity index is 875. The van der Waals surface area contributed by atoms with E-state index in [-0.39, 0.29) is 25.7 Å². The van der Waals surface area contributed by atoms with Gasteiger partial charge in [-0.25, -0.2) is 4.79 Å². The number of hydrogen-bond donors (Lipinski definition) is 2. The monoisotopic (exact) mass is 395 g/mol. The van der Waals surface area contributed by atoms with Crippen LogP contribution in [-0.2, 0) is 14.3 Å². The Labute approximate surface area is 169 Å². The number of carbonyl (C=O) groups excluding carboxylic acids is 2. The van der Waals surface area contributed by atoms with Crippen LogP contribution >= 0.6 is 0 Å². The Morgan fingerprint density at radius 3 is 2.21 bits per heavy atom. The molecule has 0 heterocycles. The van der Waals surface area contributed by atoms with Crippen LogP contribution in [0.1, 0.15) is 36.8 Å². The first-order valence-electron chi connectivity index (χ1n) is 10.0. The first kappa shape index (κ1) is 19.5. The molecule has 1 amide bonds. The highest BCUT2D eigenvalue weighted by Crippen LogP contribution is 2.49. The Morgan fingerprint density at radius 2 is 1.66 bits per heavy atom. The number of benzene rings is 2. The van der Waals surface area contributed by atoms with E-state index in [9.17, 15) is 14.7 Å². The van der Waals surface area contributed by atoms with Crippen molar-refractivity contribution in [2.45, 2.75) is 31.8 Å². The number of amides is 1. The maximum atomic E-state index is 12.2. The third-order valence-electron chi connectivity index (χ3n) is 5.89. The van der Waals surface area contributed by atoms with Gasteiger partial charge in [-0.3, -0.25) is 4.79 Å². The number of ether oxygens (including phenoxy) is 2. The molecule has 6 heteroatoms. The molecular formula is C23H25NO5. The van der Waals surface area contributed by atoms with Gasteiger partial charge in [0.2, 0.25) is 0 Å². The molecule has 2 N–H and O–H groups in total. The van der Waals surface area contributed by atoms with Crippen molar-refractivity contribution in [3.8, 4) is 11.1 Å². The molecule has 0 aromatic heterocycles. The minimum atomic E-state index is -0.984. The fourth-order valence-electron chi connectivity index (χ4n) is 4.11. The summed E-state index contributed by atoms with van der Waals surface area (Å²) >= 11 is 0. The van der Waals surface area contributed by atoms with E-state index in [4.69, 9.17) is 9.47 Å². The van der Waals surface area contributed by atoms with Gasteiger partial charge in [-0.1, -0.05) is 48.5 Å². The summed E-state index contributed by atoms with van der Waals surface area (Å²) in [5.41, 5.74) is 3.73. The lowest BCUT2D eigenvalue weighted by molar-refractivity contribution is -0.154. The van der Waals surface area contributed by atoms with Gasteiger partial charge in [0, 0.05) is 12.5 Å². The molecule has 2 aliphatic rings. The maximum absolute atomic E-state index is 12.2. The second kappa shape index (κ2) is 7.87. The van der Waals surface area contributed by atoms with E-state index in [1.54, 1.807) is 6.92 Å². The minimum absolute atomic E-state index is 0.0209. The SMILES string of the molecule is CCOC(=O)C1(C(O)CNC(=O)OCC2c3ccccc3-c3ccccc32)CC1. The number of carbonyl (C=O) groups is 2. The lowest BCUT2D eigenvalue weighted by Gasteiger charge is -2.21. The molecule has 29 heavy (non-hydrogen) atoms. The molecule has 152 valence electrons. The summed E-state index contributed by atoms with van der Waals surface area (Å²) in [4.78, 5) is 24.2. The zero-order chi connectivity index (χ0) is 20.4. The van der Waals surface area contributed by atoms with Crippen LogP contribution in [0.5, 0.6) is 0 Å². The molecule has 0 aliphatic heterocycles. The average Bonchev–Trinajstić information content (AvgIpc) is 3.49. The summed E-state index contributed by atoms with van der Waals surface area (Å²) in [6.07, 6.45) is -0.453. The summed E-state index contributed by atoms with van der Waals surface area (Å²) in [7, 11) is 0. The molecule has 1 saturated carbocycles. The van der Waals surface area contributed by atoms with Crippen LogP contribution in [0, 0.1) is 5.41 Å². The van der Waals surface area contributed by atoms with Gasteiger partial charge in [-0.15, -0.1) is 0 Å². The number of alkyl carbamates (subject to hydrolysis) is 1. The molecule has 2 aromatic carbocycles. The Morgan fingerprint density at radius 1 is 1.07 bits per heavy atom. The highest BCUT2D eigenvalue weighted by atomic mass is 16.5. The van der Waals surface area contributed by atoms with E-state index >= 15 is 0 Å². The van der Waals surface area contributed by atoms with Crippen molar-refractivity contribution >= 4 is 12.1 Å². The molecule has 0 bridgehead atoms. The molecule has 4 rings (SSSR count). The number of nitrogens with one attached hydrogen (secondary N) is 1. The van der Waals surface area contributed by atoms with Crippen LogP contribution in [0.25, 0.3) is 11.1 Å². The molecule has 1 atom stereocenters. The molecule has 1 fully saturated rings. The van der Waals surface area contributed by atoms with E-state index in [1.807, 2.05) is 24.3 Å². The molecule has 2 aliphatic carbocycles. The van der Waals surface area contributed by atoms with Crippen LogP contribution < -0.4 is 5.32 Å². The fourth-order valence-corrected chi connectivity index (χ4v) is 4.11. The zero-order valence-electron chi connectivity index (χ0n) is 16.4. The molecule has 0 saturated heterocycles. The van der Waals surface area contributed by atoms with E-state index in [0.717, 1.165) is 22.3 Å². The number of fused-ring (bicyclic) bond motifs is 3. The lowest BCUT2D eigenvalue weighted by atomic mass is 9.98. The number of rotatable bonds is 7. The van der Waals surface area contributed by atoms with Crippen LogP contribution in [-0.4, -0.2) is 43.0 Å². The zero-order valence-corrected chi connectivity index (χ0v) is 16.4. The van der Waals surface area contributed by atoms with Crippen molar-refractivity contribution in [2.75, 3.05) is 19.8 Å². The van der Waals surface area contributed by atoms with Crippen LogP contribution in [0.2, 0.25) is 0 Å². The predicted octanol–water partition coefficient (Wildman–Crippen LogP) is 3.23. The maximum Gasteiger partial charge on any atom is 0.407 e. The highest BCUT2D eigenvalue weighted by molar-refractivity contribution is 5.81. The van der Waals surface area contributed by atoms with Crippen LogP contribution in [0.3, 0.4) is 0 Å². The predicted molar refractivity (Wildman–Crippen MR) is 107 cm³/mol. The fraction of sp³-hybridized carbons (Fsp3) is 0.391. The van der Waals surface area contributed by atoms with Gasteiger partial charge < -0.3 is 19.9 Å². The van der Waals surface area contributed by atoms with Crippen molar-refractivity contribution < 1.29 is 24.2 Å². The van der Waals surface area contributed by atoms with E-state index in [2.05, 4.69) is 29.6 Å². The molecule has 6 nitrogen and oxygen atoms in total. The van der Waals surface area contributed by atoms with Gasteiger partial charge in [0.15, 0.2) is 0 Å². The third kappa shape index (κ3) is 3.60. The number of aliphatic hydroxyl groups excluding tert-OH is 1. The Kier molecular flexibility index (Phi) is 5.28. The van der Waals surface area contributed by atoms with E-state index in [0.29, 0.717) is 12.8 Å². The van der Waals surface area contributed by atoms with Gasteiger partial charge in [-0.2, -0.15) is 0 Å². The molecule has 1 unspecified atom stereocenters. The second-order valence-electron chi connectivity index (χ2n) is 7.60. The quantitative estimate of drug-likeness (QED) is 0.703. The Hall–Kier alpha value is -2.86. The molecule has 0 spiro atoms. The number of aliphatic hydroxyl groups is 1. The summed E-state index contributed by atoms with van der Waals surface area (Å²) in [6.45, 7) is 2.16. The second-order valence-corrected chi connectivity index (χ2v) is 7.60. The van der Waals surface area contributed by atoms with Gasteiger partial charge >= 0.3 is 12.1 Å². The summed E-state index contributed by atoms with van der Waals surface area (Å²) in [5, 5.41) is 12.9. The average molecular weight is 395 g/mol. The smallest absolute Gasteiger partial charge is 0.407 e. The standard InChI is InChI=1S/C23H25NO5/c1-2-28-21(26)23(11-12-23)20(25)13-24-22(27)29-14-19-17-9-5-3-7-15(17)16-8-4-6-10-18(16)19/h3-10,19-20,25H,2,11-14H2,1H3,(H,24,27). The molecular weight excluding hydrogens is 370 g/mol. The van der Waals surface area contributed by atoms with Crippen LogP contribution in [0.4, 0.5) is 4.79 Å². The van der Waals surface area contributed by atoms with Crippen molar-refractivity contribution in [3.63, 3.8) is 0 Å². The number of esters is 1. The molecule has 2 aromatic rings. The van der Waals surface area contributed by atoms with Gasteiger partial charge in [0.1, 0.15) is 6.61 Å². The van der Waals surface area contributed by atoms with Gasteiger partial charge in [0.25, 0.3) is 0 Å². The van der Waals surface area contributed by atoms with Crippen molar-refractivity contribution in [2.24, 2.45) is 5.41 Å². The molecule has 0 radical (unpaired) electrons. The first-order valence-corrected chi connectivity index (χ1v) is 10.0. The Balaban J connectivity index is 1.34. The van der Waals surface area contributed by atoms with Crippen molar-refractivity contribution in [1.29, 1.82) is 0 Å². The minimum Gasteiger partial charge on any atom is -0.465 e. The van der Waals surface area contributed by atoms with Crippen molar-refractivity contribution in [1.82, 2.24) is 5.32 Å². The van der Waals surface area contributed by atoms with E-state index < -0.39 is 23.6 Å². The first-order chi connectivity index (χ1) is 14.1. The lowest BCUT2D eigenvalue weighted by Crippen LogP contribution is -2.41. The van der Waals surface area contributed by atoms with Gasteiger partial charge in [0.05, 0.1) is 18.1 Å². The normalized spacial score (nSPS) is 17.0. The topological polar surface area (TPSA) is 84.9 Å². The largest absolute Gasteiger partial charge is 0.465 e. The van der Waals surface area contributed by atoms with E-state index in [1.165, 1.54) is 0 Å². The summed E-state index contributed by atoms with van der Waals surface area (Å²) in [5.74, 6) is -0.422. The highest BCUT2D eigenvalue weighted by Gasteiger charge is 2.56. The van der Waals surface area contributed by atoms with Crippen molar-refractivity contribution in [3.05, 3.63) is 59.7 Å². The van der Waals surface area contributed by atoms with Gasteiger partial charge in [-0.05, 0) is 42.0 Å². The summed E-state index contributed by atoms with van der Waals surface area (Å²) in [6, 6.07) is 16.2.